The largest absolute Gasteiger partial charge is 0.573 e. The molecule has 7 heteroatoms. The van der Waals surface area contributed by atoms with Gasteiger partial charge in [0, 0.05) is 26.2 Å². The Hall–Kier alpha value is -1.76. The number of carbonyl (C=O) groups is 1. The first-order valence-corrected chi connectivity index (χ1v) is 8.76. The van der Waals surface area contributed by atoms with Crippen LogP contribution in [0.15, 0.2) is 24.3 Å². The number of hydrogen-bond acceptors (Lipinski definition) is 3. The second-order valence-corrected chi connectivity index (χ2v) is 6.80. The summed E-state index contributed by atoms with van der Waals surface area (Å²) in [6.45, 7) is 3.93. The Kier molecular flexibility index (Phi) is 5.51. The van der Waals surface area contributed by atoms with E-state index in [-0.39, 0.29) is 17.6 Å². The van der Waals surface area contributed by atoms with Gasteiger partial charge in [-0.25, -0.2) is 0 Å². The van der Waals surface area contributed by atoms with Gasteiger partial charge in [-0.05, 0) is 49.9 Å². The molecule has 2 aliphatic rings. The van der Waals surface area contributed by atoms with Gasteiger partial charge in [-0.15, -0.1) is 13.2 Å². The normalized spacial score (nSPS) is 22.2. The molecule has 2 fully saturated rings. The zero-order chi connectivity index (χ0) is 17.9. The molecule has 1 atom stereocenters. The summed E-state index contributed by atoms with van der Waals surface area (Å²) in [6, 6.07) is 5.94. The number of rotatable bonds is 4. The number of likely N-dealkylation sites (tertiary alicyclic amines) is 2. The minimum atomic E-state index is -4.67. The maximum absolute atomic E-state index is 12.6. The monoisotopic (exact) mass is 356 g/mol. The van der Waals surface area contributed by atoms with Crippen LogP contribution in [-0.2, 0) is 11.3 Å². The summed E-state index contributed by atoms with van der Waals surface area (Å²) in [5.41, 5.74) is 0.917. The van der Waals surface area contributed by atoms with Crippen LogP contribution in [0.4, 0.5) is 13.2 Å². The minimum Gasteiger partial charge on any atom is -0.406 e. The number of halogens is 3. The van der Waals surface area contributed by atoms with Crippen molar-refractivity contribution in [2.24, 2.45) is 5.92 Å². The van der Waals surface area contributed by atoms with Gasteiger partial charge < -0.3 is 9.64 Å². The van der Waals surface area contributed by atoms with E-state index in [1.54, 1.807) is 12.1 Å². The molecule has 0 spiro atoms. The van der Waals surface area contributed by atoms with Crippen LogP contribution in [0.1, 0.15) is 31.2 Å². The highest BCUT2D eigenvalue weighted by Crippen LogP contribution is 2.25. The highest BCUT2D eigenvalue weighted by Gasteiger charge is 2.32. The van der Waals surface area contributed by atoms with E-state index in [9.17, 15) is 18.0 Å². The molecular formula is C18H23F3N2O2. The smallest absolute Gasteiger partial charge is 0.406 e. The highest BCUT2D eigenvalue weighted by molar-refractivity contribution is 5.79. The molecule has 1 aromatic rings. The van der Waals surface area contributed by atoms with Crippen molar-refractivity contribution in [3.05, 3.63) is 29.8 Å². The Morgan fingerprint density at radius 2 is 1.76 bits per heavy atom. The van der Waals surface area contributed by atoms with Crippen LogP contribution < -0.4 is 4.74 Å². The molecule has 0 aromatic heterocycles. The zero-order valence-electron chi connectivity index (χ0n) is 14.1. The molecule has 0 saturated carbocycles. The number of amides is 1. The van der Waals surface area contributed by atoms with Crippen molar-refractivity contribution in [2.45, 2.75) is 38.6 Å². The van der Waals surface area contributed by atoms with Gasteiger partial charge in [0.25, 0.3) is 0 Å². The maximum Gasteiger partial charge on any atom is 0.573 e. The molecule has 0 N–H and O–H groups in total. The lowest BCUT2D eigenvalue weighted by molar-refractivity contribution is -0.274. The minimum absolute atomic E-state index is 0.0472. The predicted octanol–water partition coefficient (Wildman–Crippen LogP) is 3.42. The third-order valence-electron chi connectivity index (χ3n) is 4.85. The summed E-state index contributed by atoms with van der Waals surface area (Å²) in [6.07, 6.45) is -0.430. The third-order valence-corrected chi connectivity index (χ3v) is 4.85. The lowest BCUT2D eigenvalue weighted by atomic mass is 10.0. The van der Waals surface area contributed by atoms with Crippen molar-refractivity contribution in [3.63, 3.8) is 0 Å². The summed E-state index contributed by atoms with van der Waals surface area (Å²) >= 11 is 0. The average Bonchev–Trinajstić information content (AvgIpc) is 3.04. The Balaban J connectivity index is 1.50. The van der Waals surface area contributed by atoms with E-state index < -0.39 is 6.36 Å². The number of hydrogen-bond donors (Lipinski definition) is 0. The fourth-order valence-corrected chi connectivity index (χ4v) is 3.61. The van der Waals surface area contributed by atoms with Crippen molar-refractivity contribution >= 4 is 5.91 Å². The predicted molar refractivity (Wildman–Crippen MR) is 86.9 cm³/mol. The van der Waals surface area contributed by atoms with Gasteiger partial charge in [0.15, 0.2) is 0 Å². The van der Waals surface area contributed by atoms with Crippen LogP contribution in [-0.4, -0.2) is 48.2 Å². The number of benzene rings is 1. The molecule has 4 nitrogen and oxygen atoms in total. The second-order valence-electron chi connectivity index (χ2n) is 6.80. The molecule has 25 heavy (non-hydrogen) atoms. The molecule has 1 aromatic carbocycles. The van der Waals surface area contributed by atoms with E-state index in [0.29, 0.717) is 6.54 Å². The molecule has 2 heterocycles. The molecule has 138 valence electrons. The number of nitrogens with zero attached hydrogens (tertiary/aromatic N) is 2. The van der Waals surface area contributed by atoms with Crippen LogP contribution in [0.25, 0.3) is 0 Å². The molecule has 1 amide bonds. The molecule has 0 radical (unpaired) electrons. The van der Waals surface area contributed by atoms with E-state index in [1.165, 1.54) is 18.6 Å². The number of carbonyl (C=O) groups excluding carboxylic acids is 1. The molecule has 2 aliphatic heterocycles. The third kappa shape index (κ3) is 5.11. The molecule has 1 unspecified atom stereocenters. The molecular weight excluding hydrogens is 333 g/mol. The molecule has 3 rings (SSSR count). The Morgan fingerprint density at radius 3 is 2.40 bits per heavy atom. The fraction of sp³-hybridized carbons (Fsp3) is 0.611. The lowest BCUT2D eigenvalue weighted by Crippen LogP contribution is -2.40. The number of ether oxygens (including phenoxy) is 1. The maximum atomic E-state index is 12.6. The van der Waals surface area contributed by atoms with Gasteiger partial charge in [-0.1, -0.05) is 12.1 Å². The topological polar surface area (TPSA) is 32.8 Å². The lowest BCUT2D eigenvalue weighted by Gasteiger charge is -2.29. The average molecular weight is 356 g/mol. The molecule has 2 saturated heterocycles. The standard InChI is InChI=1S/C18H23F3N2O2/c19-18(20,21)25-16-6-4-14(5-7-16)12-22-11-8-15(13-22)17(24)23-9-2-1-3-10-23/h4-7,15H,1-3,8-13H2. The Morgan fingerprint density at radius 1 is 1.08 bits per heavy atom. The SMILES string of the molecule is O=C(C1CCN(Cc2ccc(OC(F)(F)F)cc2)C1)N1CCCCC1. The highest BCUT2D eigenvalue weighted by atomic mass is 19.4. The van der Waals surface area contributed by atoms with Crippen LogP contribution in [0.2, 0.25) is 0 Å². The van der Waals surface area contributed by atoms with E-state index in [2.05, 4.69) is 9.64 Å². The van der Waals surface area contributed by atoms with Gasteiger partial charge in [0.2, 0.25) is 5.91 Å². The first kappa shape index (κ1) is 18.0. The summed E-state index contributed by atoms with van der Waals surface area (Å²) in [4.78, 5) is 16.7. The van der Waals surface area contributed by atoms with Gasteiger partial charge in [-0.3, -0.25) is 9.69 Å². The second kappa shape index (κ2) is 7.64. The van der Waals surface area contributed by atoms with Crippen molar-refractivity contribution < 1.29 is 22.7 Å². The van der Waals surface area contributed by atoms with E-state index in [0.717, 1.165) is 51.0 Å². The number of piperidine rings is 1. The summed E-state index contributed by atoms with van der Waals surface area (Å²) < 4.78 is 40.4. The van der Waals surface area contributed by atoms with Crippen molar-refractivity contribution in [2.75, 3.05) is 26.2 Å². The number of alkyl halides is 3. The van der Waals surface area contributed by atoms with Gasteiger partial charge in [-0.2, -0.15) is 0 Å². The Bertz CT molecular complexity index is 583. The van der Waals surface area contributed by atoms with Gasteiger partial charge in [0.1, 0.15) is 5.75 Å². The van der Waals surface area contributed by atoms with Crippen molar-refractivity contribution in [1.82, 2.24) is 9.80 Å². The summed E-state index contributed by atoms with van der Waals surface area (Å²) in [7, 11) is 0. The van der Waals surface area contributed by atoms with E-state index in [1.807, 2.05) is 4.90 Å². The van der Waals surface area contributed by atoms with E-state index >= 15 is 0 Å². The molecule has 0 aliphatic carbocycles. The van der Waals surface area contributed by atoms with Crippen LogP contribution in [0.3, 0.4) is 0 Å². The summed E-state index contributed by atoms with van der Waals surface area (Å²) in [5.74, 6) is 0.0953. The first-order chi connectivity index (χ1) is 11.9. The van der Waals surface area contributed by atoms with Gasteiger partial charge in [0.05, 0.1) is 5.92 Å². The van der Waals surface area contributed by atoms with Gasteiger partial charge >= 0.3 is 6.36 Å². The van der Waals surface area contributed by atoms with Crippen molar-refractivity contribution in [1.29, 1.82) is 0 Å². The summed E-state index contributed by atoms with van der Waals surface area (Å²) in [5, 5.41) is 0. The zero-order valence-corrected chi connectivity index (χ0v) is 14.1. The first-order valence-electron chi connectivity index (χ1n) is 8.76. The van der Waals surface area contributed by atoms with Crippen LogP contribution >= 0.6 is 0 Å². The molecule has 0 bridgehead atoms. The van der Waals surface area contributed by atoms with Crippen LogP contribution in [0, 0.1) is 5.92 Å². The quantitative estimate of drug-likeness (QED) is 0.829. The van der Waals surface area contributed by atoms with Crippen molar-refractivity contribution in [3.8, 4) is 5.75 Å². The van der Waals surface area contributed by atoms with Crippen LogP contribution in [0.5, 0.6) is 5.75 Å². The fourth-order valence-electron chi connectivity index (χ4n) is 3.61. The Labute approximate surface area is 145 Å². The van der Waals surface area contributed by atoms with E-state index in [4.69, 9.17) is 0 Å².